The lowest BCUT2D eigenvalue weighted by Crippen LogP contribution is -2.38. The third kappa shape index (κ3) is 3.43. The highest BCUT2D eigenvalue weighted by Crippen LogP contribution is 2.35. The molecule has 0 N–H and O–H groups in total. The van der Waals surface area contributed by atoms with Crippen LogP contribution in [0.15, 0.2) is 28.7 Å². The molecule has 3 atom stereocenters. The maximum Gasteiger partial charge on any atom is 0.311 e. The molecule has 23 heavy (non-hydrogen) atoms. The summed E-state index contributed by atoms with van der Waals surface area (Å²) in [6.07, 6.45) is 1.33. The van der Waals surface area contributed by atoms with Crippen LogP contribution in [0.1, 0.15) is 24.3 Å². The van der Waals surface area contributed by atoms with Crippen molar-refractivity contribution in [1.82, 2.24) is 4.90 Å². The third-order valence-electron chi connectivity index (χ3n) is 4.64. The van der Waals surface area contributed by atoms with Crippen molar-refractivity contribution in [3.63, 3.8) is 0 Å². The predicted octanol–water partition coefficient (Wildman–Crippen LogP) is 2.34. The molecule has 5 nitrogen and oxygen atoms in total. The fourth-order valence-corrected chi connectivity index (χ4v) is 3.66. The van der Waals surface area contributed by atoms with Gasteiger partial charge in [-0.25, -0.2) is 0 Å². The van der Waals surface area contributed by atoms with Crippen LogP contribution in [-0.2, 0) is 19.1 Å². The van der Waals surface area contributed by atoms with Gasteiger partial charge in [-0.2, -0.15) is 0 Å². The second kappa shape index (κ2) is 7.01. The molecule has 2 aliphatic heterocycles. The first-order valence-electron chi connectivity index (χ1n) is 7.84. The average Bonchev–Trinajstić information content (AvgIpc) is 3.24. The molecule has 0 saturated carbocycles. The van der Waals surface area contributed by atoms with Crippen molar-refractivity contribution in [3.8, 4) is 0 Å². The van der Waals surface area contributed by atoms with Crippen molar-refractivity contribution < 1.29 is 19.1 Å². The minimum atomic E-state index is -0.350. The van der Waals surface area contributed by atoms with Crippen LogP contribution in [-0.4, -0.2) is 49.7 Å². The molecule has 0 unspecified atom stereocenters. The standard InChI is InChI=1S/C17H20BrNO4/c1-22-17(21)14-10-19(16(20)15-3-2-8-23-15)9-13(14)11-4-6-12(18)7-5-11/h4-7,13-15H,2-3,8-10H2,1H3/t13-,14+,15-/m0/s1. The Morgan fingerprint density at radius 2 is 2.00 bits per heavy atom. The van der Waals surface area contributed by atoms with Crippen LogP contribution < -0.4 is 0 Å². The maximum absolute atomic E-state index is 12.6. The molecule has 124 valence electrons. The van der Waals surface area contributed by atoms with Crippen molar-refractivity contribution in [2.45, 2.75) is 24.9 Å². The Kier molecular flexibility index (Phi) is 5.02. The lowest BCUT2D eigenvalue weighted by molar-refractivity contribution is -0.146. The van der Waals surface area contributed by atoms with Gasteiger partial charge in [0.15, 0.2) is 0 Å². The molecule has 0 bridgehead atoms. The van der Waals surface area contributed by atoms with Gasteiger partial charge in [-0.1, -0.05) is 28.1 Å². The molecular formula is C17H20BrNO4. The lowest BCUT2D eigenvalue weighted by Gasteiger charge is -2.20. The number of nitrogens with zero attached hydrogens (tertiary/aromatic N) is 1. The number of ether oxygens (including phenoxy) is 2. The van der Waals surface area contributed by atoms with Gasteiger partial charge >= 0.3 is 5.97 Å². The van der Waals surface area contributed by atoms with Crippen LogP contribution in [0.4, 0.5) is 0 Å². The molecule has 0 radical (unpaired) electrons. The van der Waals surface area contributed by atoms with Gasteiger partial charge in [0.25, 0.3) is 5.91 Å². The van der Waals surface area contributed by atoms with E-state index in [2.05, 4.69) is 15.9 Å². The zero-order valence-corrected chi connectivity index (χ0v) is 14.6. The molecule has 6 heteroatoms. The molecular weight excluding hydrogens is 362 g/mol. The van der Waals surface area contributed by atoms with Crippen LogP contribution in [0.5, 0.6) is 0 Å². The lowest BCUT2D eigenvalue weighted by atomic mass is 9.89. The first-order chi connectivity index (χ1) is 11.1. The fourth-order valence-electron chi connectivity index (χ4n) is 3.40. The van der Waals surface area contributed by atoms with E-state index in [0.717, 1.165) is 22.9 Å². The molecule has 0 aliphatic carbocycles. The molecule has 2 heterocycles. The summed E-state index contributed by atoms with van der Waals surface area (Å²) in [5.74, 6) is -0.635. The molecule has 2 fully saturated rings. The highest BCUT2D eigenvalue weighted by atomic mass is 79.9. The highest BCUT2D eigenvalue weighted by Gasteiger charge is 2.43. The number of carbonyl (C=O) groups is 2. The van der Waals surface area contributed by atoms with E-state index in [9.17, 15) is 9.59 Å². The monoisotopic (exact) mass is 381 g/mol. The summed E-state index contributed by atoms with van der Waals surface area (Å²) in [5, 5.41) is 0. The molecule has 0 aromatic heterocycles. The zero-order chi connectivity index (χ0) is 16.4. The number of halogens is 1. The van der Waals surface area contributed by atoms with Gasteiger partial charge in [0.1, 0.15) is 6.10 Å². The zero-order valence-electron chi connectivity index (χ0n) is 13.0. The Hall–Kier alpha value is -1.40. The number of hydrogen-bond acceptors (Lipinski definition) is 4. The van der Waals surface area contributed by atoms with E-state index in [0.29, 0.717) is 19.7 Å². The minimum absolute atomic E-state index is 0.00369. The van der Waals surface area contributed by atoms with Gasteiger partial charge in [-0.15, -0.1) is 0 Å². The number of likely N-dealkylation sites (tertiary alicyclic amines) is 1. The predicted molar refractivity (Wildman–Crippen MR) is 87.9 cm³/mol. The summed E-state index contributed by atoms with van der Waals surface area (Å²) in [7, 11) is 1.39. The minimum Gasteiger partial charge on any atom is -0.469 e. The van der Waals surface area contributed by atoms with E-state index >= 15 is 0 Å². The SMILES string of the molecule is COC(=O)[C@@H]1CN(C(=O)[C@@H]2CCCO2)C[C@H]1c1ccc(Br)cc1. The highest BCUT2D eigenvalue weighted by molar-refractivity contribution is 9.10. The second-order valence-electron chi connectivity index (χ2n) is 6.03. The van der Waals surface area contributed by atoms with E-state index in [4.69, 9.17) is 9.47 Å². The van der Waals surface area contributed by atoms with Crippen LogP contribution in [0.25, 0.3) is 0 Å². The topological polar surface area (TPSA) is 55.8 Å². The summed E-state index contributed by atoms with van der Waals surface area (Å²) in [5.41, 5.74) is 1.05. The van der Waals surface area contributed by atoms with Crippen molar-refractivity contribution in [2.75, 3.05) is 26.8 Å². The summed E-state index contributed by atoms with van der Waals surface area (Å²) in [6, 6.07) is 7.89. The normalized spacial score (nSPS) is 27.2. The van der Waals surface area contributed by atoms with Crippen molar-refractivity contribution in [2.24, 2.45) is 5.92 Å². The van der Waals surface area contributed by atoms with Crippen molar-refractivity contribution >= 4 is 27.8 Å². The number of esters is 1. The molecule has 1 amide bonds. The first-order valence-corrected chi connectivity index (χ1v) is 8.63. The summed E-state index contributed by atoms with van der Waals surface area (Å²) >= 11 is 3.42. The quantitative estimate of drug-likeness (QED) is 0.754. The van der Waals surface area contributed by atoms with Gasteiger partial charge in [0.05, 0.1) is 13.0 Å². The molecule has 2 saturated heterocycles. The van der Waals surface area contributed by atoms with E-state index in [-0.39, 0.29) is 29.8 Å². The van der Waals surface area contributed by atoms with Crippen LogP contribution in [0.2, 0.25) is 0 Å². The second-order valence-corrected chi connectivity index (χ2v) is 6.95. The maximum atomic E-state index is 12.6. The molecule has 0 spiro atoms. The molecule has 1 aromatic rings. The van der Waals surface area contributed by atoms with E-state index in [1.807, 2.05) is 24.3 Å². The molecule has 1 aromatic carbocycles. The number of rotatable bonds is 3. The van der Waals surface area contributed by atoms with Gasteiger partial charge in [-0.3, -0.25) is 9.59 Å². The molecule has 3 rings (SSSR count). The van der Waals surface area contributed by atoms with E-state index < -0.39 is 0 Å². The van der Waals surface area contributed by atoms with Crippen molar-refractivity contribution in [3.05, 3.63) is 34.3 Å². The van der Waals surface area contributed by atoms with Crippen LogP contribution >= 0.6 is 15.9 Å². The third-order valence-corrected chi connectivity index (χ3v) is 5.17. The van der Waals surface area contributed by atoms with E-state index in [1.165, 1.54) is 7.11 Å². The Bertz CT molecular complexity index is 583. The van der Waals surface area contributed by atoms with Gasteiger partial charge in [0, 0.05) is 30.1 Å². The molecule has 2 aliphatic rings. The number of benzene rings is 1. The van der Waals surface area contributed by atoms with Gasteiger partial charge in [0.2, 0.25) is 0 Å². The summed E-state index contributed by atoms with van der Waals surface area (Å²) < 4.78 is 11.4. The van der Waals surface area contributed by atoms with Crippen LogP contribution in [0.3, 0.4) is 0 Å². The Balaban J connectivity index is 1.80. The van der Waals surface area contributed by atoms with Crippen LogP contribution in [0, 0.1) is 5.92 Å². The van der Waals surface area contributed by atoms with Gasteiger partial charge in [-0.05, 0) is 30.5 Å². The number of amides is 1. The average molecular weight is 382 g/mol. The Morgan fingerprint density at radius 1 is 1.26 bits per heavy atom. The Morgan fingerprint density at radius 3 is 2.61 bits per heavy atom. The fraction of sp³-hybridized carbons (Fsp3) is 0.529. The first kappa shape index (κ1) is 16.5. The smallest absolute Gasteiger partial charge is 0.311 e. The van der Waals surface area contributed by atoms with Crippen molar-refractivity contribution in [1.29, 1.82) is 0 Å². The van der Waals surface area contributed by atoms with Gasteiger partial charge < -0.3 is 14.4 Å². The number of carbonyl (C=O) groups excluding carboxylic acids is 2. The number of hydrogen-bond donors (Lipinski definition) is 0. The Labute approximate surface area is 144 Å². The summed E-state index contributed by atoms with van der Waals surface area (Å²) in [4.78, 5) is 26.5. The number of methoxy groups -OCH3 is 1. The largest absolute Gasteiger partial charge is 0.469 e. The summed E-state index contributed by atoms with van der Waals surface area (Å²) in [6.45, 7) is 1.56. The van der Waals surface area contributed by atoms with E-state index in [1.54, 1.807) is 4.90 Å².